The molecule has 30 heavy (non-hydrogen) atoms. The summed E-state index contributed by atoms with van der Waals surface area (Å²) in [6.07, 6.45) is 3.87. The van der Waals surface area contributed by atoms with E-state index in [-0.39, 0.29) is 71.1 Å². The van der Waals surface area contributed by atoms with Crippen molar-refractivity contribution in [3.8, 4) is 5.75 Å². The molecule has 0 saturated carbocycles. The molecule has 0 spiro atoms. The van der Waals surface area contributed by atoms with Gasteiger partial charge in [-0.05, 0) is 43.2 Å². The molecule has 8 heteroatoms. The number of nitrogens with zero attached hydrogens (tertiary/aromatic N) is 1. The van der Waals surface area contributed by atoms with Gasteiger partial charge in [0.2, 0.25) is 10.9 Å². The number of unbranched alkanes of at least 4 members (excludes halogenated alkanes) is 2. The van der Waals surface area contributed by atoms with Crippen molar-refractivity contribution in [2.45, 2.75) is 51.9 Å². The van der Waals surface area contributed by atoms with E-state index in [2.05, 4.69) is 11.0 Å². The van der Waals surface area contributed by atoms with E-state index in [0.717, 1.165) is 35.4 Å². The molecule has 0 radical (unpaired) electrons. The first-order valence-corrected chi connectivity index (χ1v) is 9.47. The molecule has 1 aliphatic rings. The number of allylic oxidation sites excluding steroid dienone is 1. The summed E-state index contributed by atoms with van der Waals surface area (Å²) in [5, 5.41) is 20.6. The Morgan fingerprint density at radius 3 is 2.40 bits per heavy atom. The van der Waals surface area contributed by atoms with Gasteiger partial charge in [0, 0.05) is 35.3 Å². The summed E-state index contributed by atoms with van der Waals surface area (Å²) in [4.78, 5) is 36.0. The number of rotatable bonds is 7. The van der Waals surface area contributed by atoms with Crippen LogP contribution in [-0.2, 0) is 10.2 Å². The molecule has 1 N–H and O–H groups in total. The van der Waals surface area contributed by atoms with Crippen LogP contribution in [0.4, 0.5) is 5.69 Å². The largest absolute Gasteiger partial charge is 1.00 e. The zero-order chi connectivity index (χ0) is 20.6. The molecule has 0 aromatic heterocycles. The SMILES string of the molecule is Cc1ccc2c(c1)C(C)(C)C(=Cc1c([O-])c(=O)c1=O)N2CCCCCC(=O)O.[Na+].[Na+]. The van der Waals surface area contributed by atoms with Crippen molar-refractivity contribution in [3.63, 3.8) is 0 Å². The topological polar surface area (TPSA) is 97.7 Å². The molecule has 0 saturated heterocycles. The number of aliphatic carboxylic acids is 1. The molecular formula is C22H24NNa2O5+. The monoisotopic (exact) mass is 428 g/mol. The molecule has 0 bridgehead atoms. The minimum atomic E-state index is -0.948. The number of anilines is 1. The number of carboxylic acid groups (broad SMARTS) is 1. The minimum Gasteiger partial charge on any atom is -0.869 e. The van der Waals surface area contributed by atoms with Gasteiger partial charge in [0.15, 0.2) is 0 Å². The van der Waals surface area contributed by atoms with E-state index in [1.807, 2.05) is 32.9 Å². The van der Waals surface area contributed by atoms with E-state index in [1.165, 1.54) is 0 Å². The van der Waals surface area contributed by atoms with Crippen molar-refractivity contribution in [1.29, 1.82) is 0 Å². The quantitative estimate of drug-likeness (QED) is 0.279. The van der Waals surface area contributed by atoms with Gasteiger partial charge in [-0.3, -0.25) is 14.4 Å². The predicted octanol–water partition coefficient (Wildman–Crippen LogP) is -3.54. The first kappa shape index (κ1) is 27.1. The van der Waals surface area contributed by atoms with Gasteiger partial charge in [-0.2, -0.15) is 0 Å². The molecule has 6 nitrogen and oxygen atoms in total. The first-order chi connectivity index (χ1) is 13.1. The van der Waals surface area contributed by atoms with Crippen LogP contribution < -0.4 is 80.0 Å². The number of carboxylic acids is 1. The van der Waals surface area contributed by atoms with Crippen molar-refractivity contribution < 1.29 is 74.1 Å². The molecule has 0 unspecified atom stereocenters. The number of hydrogen-bond donors (Lipinski definition) is 1. The van der Waals surface area contributed by atoms with Crippen LogP contribution in [0.2, 0.25) is 0 Å². The second-order valence-electron chi connectivity index (χ2n) is 7.93. The Bertz CT molecular complexity index is 1030. The van der Waals surface area contributed by atoms with Crippen LogP contribution in [0, 0.1) is 6.92 Å². The predicted molar refractivity (Wildman–Crippen MR) is 106 cm³/mol. The van der Waals surface area contributed by atoms with Gasteiger partial charge in [-0.15, -0.1) is 0 Å². The van der Waals surface area contributed by atoms with E-state index in [4.69, 9.17) is 5.11 Å². The number of carbonyl (C=O) groups is 1. The molecule has 2 aromatic rings. The van der Waals surface area contributed by atoms with Crippen molar-refractivity contribution in [3.05, 3.63) is 61.0 Å². The molecule has 1 aliphatic heterocycles. The Labute approximate surface area is 220 Å². The summed E-state index contributed by atoms with van der Waals surface area (Å²) in [5.41, 5.74) is 1.92. The smallest absolute Gasteiger partial charge is 0.869 e. The Balaban J connectivity index is 0.00000225. The van der Waals surface area contributed by atoms with Crippen LogP contribution in [0.1, 0.15) is 56.2 Å². The van der Waals surface area contributed by atoms with Gasteiger partial charge in [-0.1, -0.05) is 38.0 Å². The Hall–Kier alpha value is -0.890. The third kappa shape index (κ3) is 5.12. The van der Waals surface area contributed by atoms with Gasteiger partial charge < -0.3 is 15.1 Å². The molecule has 1 heterocycles. The number of benzene rings is 1. The van der Waals surface area contributed by atoms with Crippen molar-refractivity contribution in [2.24, 2.45) is 0 Å². The maximum Gasteiger partial charge on any atom is 1.00 e. The number of hydrogen-bond acceptors (Lipinski definition) is 5. The molecule has 2 aromatic carbocycles. The van der Waals surface area contributed by atoms with Crippen LogP contribution in [0.15, 0.2) is 33.5 Å². The summed E-state index contributed by atoms with van der Waals surface area (Å²) in [7, 11) is 0. The van der Waals surface area contributed by atoms with Gasteiger partial charge >= 0.3 is 65.1 Å². The summed E-state index contributed by atoms with van der Waals surface area (Å²) in [6, 6.07) is 6.16. The van der Waals surface area contributed by atoms with Crippen LogP contribution in [-0.4, -0.2) is 17.6 Å². The molecule has 0 fully saturated rings. The van der Waals surface area contributed by atoms with Crippen LogP contribution in [0.5, 0.6) is 5.75 Å². The van der Waals surface area contributed by atoms with E-state index in [0.29, 0.717) is 13.0 Å². The Morgan fingerprint density at radius 2 is 1.80 bits per heavy atom. The second-order valence-corrected chi connectivity index (χ2v) is 7.93. The van der Waals surface area contributed by atoms with Gasteiger partial charge in [0.05, 0.1) is 0 Å². The van der Waals surface area contributed by atoms with Crippen LogP contribution in [0.25, 0.3) is 6.08 Å². The fourth-order valence-corrected chi connectivity index (χ4v) is 3.87. The van der Waals surface area contributed by atoms with Crippen molar-refractivity contribution in [1.82, 2.24) is 0 Å². The summed E-state index contributed by atoms with van der Waals surface area (Å²) >= 11 is 0. The summed E-state index contributed by atoms with van der Waals surface area (Å²) in [6.45, 7) is 6.74. The number of aryl methyl sites for hydroxylation is 1. The average Bonchev–Trinajstić information content (AvgIpc) is 2.84. The summed E-state index contributed by atoms with van der Waals surface area (Å²) < 4.78 is 0. The fraction of sp³-hybridized carbons (Fsp3) is 0.409. The van der Waals surface area contributed by atoms with Gasteiger partial charge in [-0.25, -0.2) is 0 Å². The van der Waals surface area contributed by atoms with E-state index < -0.39 is 28.0 Å². The van der Waals surface area contributed by atoms with Gasteiger partial charge in [0.25, 0.3) is 0 Å². The van der Waals surface area contributed by atoms with E-state index in [1.54, 1.807) is 6.08 Å². The third-order valence-electron chi connectivity index (χ3n) is 5.50. The van der Waals surface area contributed by atoms with Crippen LogP contribution >= 0.6 is 0 Å². The molecule has 0 atom stereocenters. The Morgan fingerprint density at radius 1 is 1.13 bits per heavy atom. The maximum atomic E-state index is 11.8. The van der Waals surface area contributed by atoms with E-state index in [9.17, 15) is 19.5 Å². The van der Waals surface area contributed by atoms with E-state index >= 15 is 0 Å². The van der Waals surface area contributed by atoms with Crippen molar-refractivity contribution >= 4 is 17.7 Å². The standard InChI is InChI=1S/C22H25NO5.2Na/c1-13-8-9-16-15(11-13)22(2,3)17(12-14-19(26)21(28)20(14)27)23(16)10-6-4-5-7-18(24)25;;/h8-9,11-12,26H,4-7,10H2,1-3H3,(H,24,25);;/q;2*+1/p-1. The van der Waals surface area contributed by atoms with Crippen molar-refractivity contribution in [2.75, 3.05) is 11.4 Å². The molecule has 3 rings (SSSR count). The summed E-state index contributed by atoms with van der Waals surface area (Å²) in [5.74, 6) is -1.52. The zero-order valence-corrected chi connectivity index (χ0v) is 22.4. The normalized spacial score (nSPS) is 15.6. The molecule has 0 amide bonds. The number of fused-ring (bicyclic) bond motifs is 1. The zero-order valence-electron chi connectivity index (χ0n) is 18.4. The maximum absolute atomic E-state index is 11.8. The average molecular weight is 428 g/mol. The third-order valence-corrected chi connectivity index (χ3v) is 5.50. The molecule has 148 valence electrons. The second kappa shape index (κ2) is 10.6. The molecule has 0 aliphatic carbocycles. The van der Waals surface area contributed by atoms with Gasteiger partial charge in [0.1, 0.15) is 0 Å². The Kier molecular flexibility index (Phi) is 9.61. The minimum absolute atomic E-state index is 0. The first-order valence-electron chi connectivity index (χ1n) is 9.47. The van der Waals surface area contributed by atoms with Crippen LogP contribution in [0.3, 0.4) is 0 Å². The fourth-order valence-electron chi connectivity index (χ4n) is 3.87. The molecular weight excluding hydrogens is 404 g/mol.